The second-order valence-corrected chi connectivity index (χ2v) is 11.7. The second-order valence-electron chi connectivity index (χ2n) is 9.74. The summed E-state index contributed by atoms with van der Waals surface area (Å²) in [6.45, 7) is 0. The summed E-state index contributed by atoms with van der Waals surface area (Å²) >= 11 is 0. The molecule has 3 aliphatic rings. The molecule has 3 fully saturated rings. The van der Waals surface area contributed by atoms with E-state index in [1.54, 1.807) is 0 Å². The van der Waals surface area contributed by atoms with E-state index in [4.69, 9.17) is 0 Å². The maximum absolute atomic E-state index is 14.2. The van der Waals surface area contributed by atoms with Gasteiger partial charge in [0, 0.05) is 24.1 Å². The van der Waals surface area contributed by atoms with E-state index in [-0.39, 0.29) is 34.0 Å². The van der Waals surface area contributed by atoms with Gasteiger partial charge in [0.15, 0.2) is 14.9 Å². The summed E-state index contributed by atoms with van der Waals surface area (Å²) in [5, 5.41) is 2.60. The number of amides is 2. The summed E-state index contributed by atoms with van der Waals surface area (Å²) < 4.78 is 76.9. The number of halogens is 4. The molecule has 1 aromatic heterocycles. The number of carbonyl (C=O) groups excluding carboxylic acids is 2. The van der Waals surface area contributed by atoms with Crippen LogP contribution in [0.5, 0.6) is 0 Å². The maximum atomic E-state index is 14.2. The fourth-order valence-corrected chi connectivity index (χ4v) is 5.58. The first kappa shape index (κ1) is 24.7. The van der Waals surface area contributed by atoms with Crippen LogP contribution in [0.3, 0.4) is 0 Å². The summed E-state index contributed by atoms with van der Waals surface area (Å²) in [6, 6.07) is 3.58. The van der Waals surface area contributed by atoms with Crippen LogP contribution in [-0.4, -0.2) is 48.5 Å². The molecule has 0 bridgehead atoms. The minimum absolute atomic E-state index is 0.0392. The van der Waals surface area contributed by atoms with Gasteiger partial charge in [-0.15, -0.1) is 0 Å². The lowest BCUT2D eigenvalue weighted by Gasteiger charge is -2.29. The van der Waals surface area contributed by atoms with Crippen LogP contribution in [0.1, 0.15) is 53.2 Å². The zero-order valence-electron chi connectivity index (χ0n) is 19.1. The molecular weight excluding hydrogens is 502 g/mol. The number of alkyl halides is 3. The third-order valence-corrected chi connectivity index (χ3v) is 8.04. The average molecular weight is 526 g/mol. The van der Waals surface area contributed by atoms with Crippen LogP contribution >= 0.6 is 0 Å². The Kier molecular flexibility index (Phi) is 5.85. The standard InChI is InChI=1S/C24H23F4N3O4S/c1-36(34,35)20-11-14(6-7-29-20)23(33)31-18-9-15(18)10-19(31)22(32)30-21(12-2-3-12)13-4-5-16(17(25)8-13)24(26,27)28/h4-8,11-12,15,18-19,21H,2-3,9-10H2,1H3,(H,30,32)/t15-,18-,19-,21?/m1/s1. The van der Waals surface area contributed by atoms with Gasteiger partial charge in [0.1, 0.15) is 11.9 Å². The number of aromatic nitrogens is 1. The van der Waals surface area contributed by atoms with Gasteiger partial charge in [0.05, 0.1) is 11.6 Å². The fourth-order valence-electron chi connectivity index (χ4n) is 4.98. The zero-order valence-corrected chi connectivity index (χ0v) is 19.9. The Labute approximate surface area is 204 Å². The molecule has 7 nitrogen and oxygen atoms in total. The first-order valence-electron chi connectivity index (χ1n) is 11.5. The van der Waals surface area contributed by atoms with E-state index in [0.29, 0.717) is 12.5 Å². The number of carbonyl (C=O) groups is 2. The number of hydrogen-bond acceptors (Lipinski definition) is 5. The van der Waals surface area contributed by atoms with Crippen LogP contribution in [0, 0.1) is 17.7 Å². The van der Waals surface area contributed by atoms with Crippen LogP contribution in [-0.2, 0) is 20.8 Å². The van der Waals surface area contributed by atoms with Crippen LogP contribution in [0.2, 0.25) is 0 Å². The van der Waals surface area contributed by atoms with E-state index in [0.717, 1.165) is 31.6 Å². The van der Waals surface area contributed by atoms with Crippen molar-refractivity contribution in [1.82, 2.24) is 15.2 Å². The number of sulfone groups is 1. The number of nitrogens with one attached hydrogen (secondary N) is 1. The van der Waals surface area contributed by atoms with Crippen molar-refractivity contribution >= 4 is 21.7 Å². The van der Waals surface area contributed by atoms with E-state index in [2.05, 4.69) is 10.3 Å². The predicted octanol–water partition coefficient (Wildman–Crippen LogP) is 3.51. The largest absolute Gasteiger partial charge is 0.419 e. The van der Waals surface area contributed by atoms with Crippen molar-refractivity contribution in [3.8, 4) is 0 Å². The van der Waals surface area contributed by atoms with Gasteiger partial charge in [-0.05, 0) is 67.3 Å². The first-order valence-corrected chi connectivity index (χ1v) is 13.4. The number of nitrogens with zero attached hydrogens (tertiary/aromatic N) is 2. The smallest absolute Gasteiger partial charge is 0.347 e. The maximum Gasteiger partial charge on any atom is 0.419 e. The van der Waals surface area contributed by atoms with Gasteiger partial charge < -0.3 is 10.2 Å². The summed E-state index contributed by atoms with van der Waals surface area (Å²) in [5.74, 6) is -2.26. The molecule has 5 rings (SSSR count). The Balaban J connectivity index is 1.37. The molecule has 2 saturated carbocycles. The van der Waals surface area contributed by atoms with Gasteiger partial charge in [-0.2, -0.15) is 13.2 Å². The van der Waals surface area contributed by atoms with E-state index in [1.165, 1.54) is 29.3 Å². The van der Waals surface area contributed by atoms with Crippen LogP contribution < -0.4 is 5.32 Å². The highest BCUT2D eigenvalue weighted by molar-refractivity contribution is 7.90. The van der Waals surface area contributed by atoms with Crippen molar-refractivity contribution in [1.29, 1.82) is 0 Å². The Morgan fingerprint density at radius 2 is 1.86 bits per heavy atom. The number of likely N-dealkylation sites (tertiary alicyclic amines) is 1. The van der Waals surface area contributed by atoms with E-state index in [1.807, 2.05) is 0 Å². The minimum atomic E-state index is -4.82. The van der Waals surface area contributed by atoms with Crippen molar-refractivity contribution in [2.75, 3.05) is 6.26 Å². The summed E-state index contributed by atoms with van der Waals surface area (Å²) in [6.07, 6.45) is 0.00232. The Morgan fingerprint density at radius 1 is 1.14 bits per heavy atom. The van der Waals surface area contributed by atoms with Gasteiger partial charge >= 0.3 is 6.18 Å². The van der Waals surface area contributed by atoms with E-state index < -0.39 is 51.3 Å². The molecule has 2 aromatic rings. The monoisotopic (exact) mass is 525 g/mol. The molecule has 1 aromatic carbocycles. The number of benzene rings is 1. The van der Waals surface area contributed by atoms with Crippen molar-refractivity contribution < 1.29 is 35.6 Å². The lowest BCUT2D eigenvalue weighted by atomic mass is 9.99. The highest BCUT2D eigenvalue weighted by Crippen LogP contribution is 2.49. The molecule has 1 N–H and O–H groups in total. The van der Waals surface area contributed by atoms with E-state index in [9.17, 15) is 35.6 Å². The Hall–Kier alpha value is -3.02. The number of rotatable bonds is 6. The van der Waals surface area contributed by atoms with Crippen molar-refractivity contribution in [3.05, 3.63) is 59.0 Å². The lowest BCUT2D eigenvalue weighted by Crippen LogP contribution is -2.49. The summed E-state index contributed by atoms with van der Waals surface area (Å²) in [7, 11) is -3.64. The molecule has 192 valence electrons. The molecule has 0 radical (unpaired) electrons. The Morgan fingerprint density at radius 3 is 2.47 bits per heavy atom. The molecule has 2 aliphatic carbocycles. The molecule has 0 spiro atoms. The molecule has 12 heteroatoms. The molecule has 1 saturated heterocycles. The van der Waals surface area contributed by atoms with Gasteiger partial charge in [-0.1, -0.05) is 6.07 Å². The topological polar surface area (TPSA) is 96.4 Å². The fraction of sp³-hybridized carbons (Fsp3) is 0.458. The van der Waals surface area contributed by atoms with E-state index >= 15 is 0 Å². The normalized spacial score (nSPS) is 24.2. The highest BCUT2D eigenvalue weighted by atomic mass is 32.2. The van der Waals surface area contributed by atoms with Gasteiger partial charge in [0.2, 0.25) is 5.91 Å². The van der Waals surface area contributed by atoms with Gasteiger partial charge in [0.25, 0.3) is 5.91 Å². The Bertz CT molecular complexity index is 1340. The highest BCUT2D eigenvalue weighted by Gasteiger charge is 2.56. The molecule has 2 heterocycles. The molecule has 4 atom stereocenters. The third-order valence-electron chi connectivity index (χ3n) is 7.05. The summed E-state index contributed by atoms with van der Waals surface area (Å²) in [4.78, 5) is 31.9. The van der Waals surface area contributed by atoms with Crippen molar-refractivity contribution in [2.24, 2.45) is 11.8 Å². The van der Waals surface area contributed by atoms with Crippen molar-refractivity contribution in [2.45, 2.75) is 55.0 Å². The average Bonchev–Trinajstić information content (AvgIpc) is 3.73. The second kappa shape index (κ2) is 8.53. The molecule has 2 amide bonds. The van der Waals surface area contributed by atoms with Crippen LogP contribution in [0.15, 0.2) is 41.6 Å². The van der Waals surface area contributed by atoms with Crippen LogP contribution in [0.4, 0.5) is 17.6 Å². The predicted molar refractivity (Wildman–Crippen MR) is 119 cm³/mol. The number of pyridine rings is 1. The summed E-state index contributed by atoms with van der Waals surface area (Å²) in [5.41, 5.74) is -1.03. The van der Waals surface area contributed by atoms with Gasteiger partial charge in [-0.3, -0.25) is 9.59 Å². The number of hydrogen-bond donors (Lipinski definition) is 1. The number of fused-ring (bicyclic) bond motifs is 1. The molecule has 1 aliphatic heterocycles. The zero-order chi connectivity index (χ0) is 26.0. The molecule has 1 unspecified atom stereocenters. The van der Waals surface area contributed by atoms with Crippen LogP contribution in [0.25, 0.3) is 0 Å². The number of piperidine rings is 1. The first-order chi connectivity index (χ1) is 16.8. The van der Waals surface area contributed by atoms with Gasteiger partial charge in [-0.25, -0.2) is 17.8 Å². The lowest BCUT2D eigenvalue weighted by molar-refractivity contribution is -0.140. The molecular formula is C24H23F4N3O4S. The third kappa shape index (κ3) is 4.70. The SMILES string of the molecule is CS(=O)(=O)c1cc(C(=O)N2[C@@H](C(=O)NC(c3ccc(C(F)(F)F)c(F)c3)C3CC3)C[C@H]3C[C@H]32)ccn1. The minimum Gasteiger partial charge on any atom is -0.347 e. The quantitative estimate of drug-likeness (QED) is 0.583. The molecule has 36 heavy (non-hydrogen) atoms. The van der Waals surface area contributed by atoms with Crippen molar-refractivity contribution in [3.63, 3.8) is 0 Å².